The van der Waals surface area contributed by atoms with Gasteiger partial charge in [-0.15, -0.1) is 0 Å². The molecule has 1 aromatic rings. The van der Waals surface area contributed by atoms with Crippen molar-refractivity contribution in [1.82, 2.24) is 9.55 Å². The molecule has 0 amide bonds. The Bertz CT molecular complexity index is 1990. The van der Waals surface area contributed by atoms with Crippen LogP contribution < -0.4 is 11.4 Å². The molecule has 2 rings (SSSR count). The van der Waals surface area contributed by atoms with E-state index in [1.165, 1.54) is 50.3 Å². The van der Waals surface area contributed by atoms with Gasteiger partial charge < -0.3 is 55.3 Å². The lowest BCUT2D eigenvalue weighted by Gasteiger charge is -2.21. The van der Waals surface area contributed by atoms with E-state index in [0.29, 0.717) is 12.8 Å². The number of rotatable bonds is 38. The van der Waals surface area contributed by atoms with Crippen molar-refractivity contribution < 1.29 is 81.6 Å². The van der Waals surface area contributed by atoms with E-state index < -0.39 is 102 Å². The molecule has 9 N–H and O–H groups in total. The lowest BCUT2D eigenvalue weighted by Crippen LogP contribution is -2.36. The van der Waals surface area contributed by atoms with Crippen LogP contribution >= 0.6 is 15.6 Å². The number of hydrogen-bond donors (Lipinski definition) is 8. The van der Waals surface area contributed by atoms with Gasteiger partial charge in [-0.2, -0.15) is 9.29 Å². The molecule has 21 nitrogen and oxygen atoms in total. The van der Waals surface area contributed by atoms with Crippen molar-refractivity contribution in [1.29, 1.82) is 0 Å². The number of hydrogen-bond acceptors (Lipinski definition) is 18. The molecule has 1 aromatic heterocycles. The van der Waals surface area contributed by atoms with Crippen LogP contribution in [0.4, 0.5) is 5.82 Å². The predicted molar refractivity (Wildman–Crippen MR) is 265 cm³/mol. The molecule has 71 heavy (non-hydrogen) atoms. The zero-order valence-corrected chi connectivity index (χ0v) is 43.0. The van der Waals surface area contributed by atoms with E-state index in [2.05, 4.69) is 23.1 Å². The van der Waals surface area contributed by atoms with Crippen LogP contribution in [0.1, 0.15) is 136 Å². The molecule has 2 unspecified atom stereocenters. The largest absolute Gasteiger partial charge is 0.481 e. The molecule has 1 aliphatic rings. The van der Waals surface area contributed by atoms with Crippen molar-refractivity contribution in [2.45, 2.75) is 179 Å². The zero-order chi connectivity index (χ0) is 52.7. The fourth-order valence-electron chi connectivity index (χ4n) is 6.96. The number of esters is 2. The first-order valence-electron chi connectivity index (χ1n) is 24.5. The van der Waals surface area contributed by atoms with Crippen molar-refractivity contribution in [3.8, 4) is 0 Å². The van der Waals surface area contributed by atoms with E-state index in [1.54, 1.807) is 36.5 Å². The van der Waals surface area contributed by atoms with Gasteiger partial charge in [0.2, 0.25) is 0 Å². The summed E-state index contributed by atoms with van der Waals surface area (Å²) in [5.41, 5.74) is 4.55. The number of nitrogens with two attached hydrogens (primary N) is 1. The molecule has 10 atom stereocenters. The van der Waals surface area contributed by atoms with Crippen molar-refractivity contribution >= 4 is 33.4 Å². The third-order valence-electron chi connectivity index (χ3n) is 10.9. The average molecular weight is 1050 g/mol. The summed E-state index contributed by atoms with van der Waals surface area (Å²) in [4.78, 5) is 61.9. The molecule has 0 aliphatic carbocycles. The quantitative estimate of drug-likeness (QED) is 0.0118. The standard InChI is InChI=1S/C48H79N3O18P2/c1-4-5-18-25-37(52)26-20-15-12-13-16-21-27-39(53)40(54)28-23-30-43(55)64-33-38(67-44(56)29-22-17-11-9-7-6-8-10-14-19-24-36(2)3)34-65-70(60,61)69-71(62,63)66-35-41-45(57)46(58)47(68-41)51-32-31-42(49)50-48(51)59/h5,12-13,15-16,18,20-21,26-27,31-32,36-41,45-47,52-54,57-58H,4,6-11,14,17,19,22-25,28-30,33-35H2,1-3H3,(H,60,61)(H,62,63)(H2,49,50,59)/b15-12+,16-13-,18-5-,26-20+,27-21-/t37-,38-,39+,40+,41-,45-,46-,47-/m1/s1. The van der Waals surface area contributed by atoms with Gasteiger partial charge in [0.05, 0.1) is 31.5 Å². The Kier molecular flexibility index (Phi) is 31.7. The molecule has 1 saturated heterocycles. The van der Waals surface area contributed by atoms with E-state index in [1.807, 2.05) is 19.1 Å². The third kappa shape index (κ3) is 29.0. The SMILES string of the molecule is CC/C=C\C[C@@H](O)/C=C/C=C/C=C\C=C/[C@H](O)[C@@H](O)CCCC(=O)OC[C@H](COP(=O)(O)OP(=O)(O)OC[C@H]1O[C@@H](n2ccc(N)nc2=O)[C@H](O)[C@@H]1O)OC(=O)CCCCCCCCCCCCC(C)C. The van der Waals surface area contributed by atoms with Crippen molar-refractivity contribution in [2.24, 2.45) is 5.92 Å². The fraction of sp³-hybridized carbons (Fsp3) is 0.667. The van der Waals surface area contributed by atoms with E-state index in [0.717, 1.165) is 55.2 Å². The summed E-state index contributed by atoms with van der Waals surface area (Å²) < 4.78 is 56.4. The number of aromatic nitrogens is 2. The maximum absolute atomic E-state index is 12.8. The van der Waals surface area contributed by atoms with Crippen LogP contribution in [0.5, 0.6) is 0 Å². The Morgan fingerprint density at radius 2 is 1.38 bits per heavy atom. The number of aliphatic hydroxyl groups excluding tert-OH is 5. The smallest absolute Gasteiger partial charge is 0.462 e. The summed E-state index contributed by atoms with van der Waals surface area (Å²) in [7, 11) is -11.0. The number of aliphatic hydroxyl groups is 5. The van der Waals surface area contributed by atoms with Crippen LogP contribution in [-0.2, 0) is 46.3 Å². The van der Waals surface area contributed by atoms with E-state index in [9.17, 15) is 58.8 Å². The predicted octanol–water partition coefficient (Wildman–Crippen LogP) is 6.32. The number of carbonyl (C=O) groups excluding carboxylic acids is 2. The number of unbranched alkanes of at least 4 members (excludes halogenated alkanes) is 9. The first-order chi connectivity index (χ1) is 33.7. The second-order valence-corrected chi connectivity index (χ2v) is 20.7. The lowest BCUT2D eigenvalue weighted by atomic mass is 10.0. The number of ether oxygens (including phenoxy) is 3. The minimum atomic E-state index is -5.50. The van der Waals surface area contributed by atoms with Gasteiger partial charge in [0.25, 0.3) is 0 Å². The Labute approximate surface area is 417 Å². The fourth-order valence-corrected chi connectivity index (χ4v) is 9.07. The van der Waals surface area contributed by atoms with Gasteiger partial charge in [-0.3, -0.25) is 23.2 Å². The minimum Gasteiger partial charge on any atom is -0.462 e. The van der Waals surface area contributed by atoms with Gasteiger partial charge in [-0.05, 0) is 44.1 Å². The molecule has 0 aromatic carbocycles. The van der Waals surface area contributed by atoms with Gasteiger partial charge in [-0.25, -0.2) is 13.9 Å². The highest BCUT2D eigenvalue weighted by Crippen LogP contribution is 2.60. The van der Waals surface area contributed by atoms with Crippen molar-refractivity contribution in [3.63, 3.8) is 0 Å². The Morgan fingerprint density at radius 3 is 2.01 bits per heavy atom. The van der Waals surface area contributed by atoms with Gasteiger partial charge in [-0.1, -0.05) is 146 Å². The maximum Gasteiger partial charge on any atom is 0.481 e. The van der Waals surface area contributed by atoms with E-state index in [-0.39, 0.29) is 31.5 Å². The molecular weight excluding hydrogens is 968 g/mol. The molecule has 404 valence electrons. The van der Waals surface area contributed by atoms with Crippen LogP contribution in [0.25, 0.3) is 0 Å². The first-order valence-corrected chi connectivity index (χ1v) is 27.5. The second kappa shape index (κ2) is 35.5. The summed E-state index contributed by atoms with van der Waals surface area (Å²) in [5.74, 6) is -0.930. The molecule has 2 heterocycles. The highest BCUT2D eigenvalue weighted by atomic mass is 31.3. The number of anilines is 1. The average Bonchev–Trinajstić information content (AvgIpc) is 3.58. The Morgan fingerprint density at radius 1 is 0.789 bits per heavy atom. The van der Waals surface area contributed by atoms with Crippen LogP contribution in [0.2, 0.25) is 0 Å². The minimum absolute atomic E-state index is 0.00612. The van der Waals surface area contributed by atoms with Gasteiger partial charge in [0, 0.05) is 19.0 Å². The van der Waals surface area contributed by atoms with Crippen LogP contribution in [0.15, 0.2) is 77.8 Å². The van der Waals surface area contributed by atoms with Crippen molar-refractivity contribution in [2.75, 3.05) is 25.6 Å². The number of nitrogen functional groups attached to an aromatic ring is 1. The van der Waals surface area contributed by atoms with Gasteiger partial charge in [0.15, 0.2) is 12.3 Å². The van der Waals surface area contributed by atoms with E-state index >= 15 is 0 Å². The number of carbonyl (C=O) groups is 2. The van der Waals surface area contributed by atoms with E-state index in [4.69, 9.17) is 29.0 Å². The molecular formula is C48H79N3O18P2. The number of phosphoric ester groups is 2. The number of allylic oxidation sites excluding steroid dienone is 7. The Balaban J connectivity index is 1.90. The summed E-state index contributed by atoms with van der Waals surface area (Å²) in [6, 6.07) is 1.23. The molecule has 1 fully saturated rings. The van der Waals surface area contributed by atoms with Gasteiger partial charge in [0.1, 0.15) is 30.7 Å². The summed E-state index contributed by atoms with van der Waals surface area (Å²) in [5, 5.41) is 51.5. The molecule has 23 heteroatoms. The monoisotopic (exact) mass is 1050 g/mol. The summed E-state index contributed by atoms with van der Waals surface area (Å²) in [6.07, 6.45) is 19.8. The topological polar surface area (TPSA) is 326 Å². The van der Waals surface area contributed by atoms with Gasteiger partial charge >= 0.3 is 33.3 Å². The summed E-state index contributed by atoms with van der Waals surface area (Å²) in [6.45, 7) is 3.87. The van der Waals surface area contributed by atoms with Crippen LogP contribution in [-0.4, -0.2) is 119 Å². The molecule has 0 radical (unpaired) electrons. The number of phosphoric acid groups is 2. The maximum atomic E-state index is 12.8. The molecule has 0 bridgehead atoms. The number of nitrogens with zero attached hydrogens (tertiary/aromatic N) is 2. The van der Waals surface area contributed by atoms with Crippen LogP contribution in [0, 0.1) is 5.92 Å². The highest BCUT2D eigenvalue weighted by Gasteiger charge is 2.46. The highest BCUT2D eigenvalue weighted by molar-refractivity contribution is 7.61. The Hall–Kier alpha value is -3.66. The zero-order valence-electron chi connectivity index (χ0n) is 41.3. The molecule has 0 saturated carbocycles. The second-order valence-electron chi connectivity index (χ2n) is 17.6. The third-order valence-corrected chi connectivity index (χ3v) is 13.5. The van der Waals surface area contributed by atoms with Crippen LogP contribution in [0.3, 0.4) is 0 Å². The lowest BCUT2D eigenvalue weighted by molar-refractivity contribution is -0.161. The first kappa shape index (κ1) is 63.5. The summed E-state index contributed by atoms with van der Waals surface area (Å²) >= 11 is 0. The molecule has 0 spiro atoms. The van der Waals surface area contributed by atoms with Crippen molar-refractivity contribution in [3.05, 3.63) is 83.5 Å². The normalized spacial score (nSPS) is 21.1. The molecule has 1 aliphatic heterocycles.